The Bertz CT molecular complexity index is 1530. The predicted molar refractivity (Wildman–Crippen MR) is 203 cm³/mol. The molecule has 0 radical (unpaired) electrons. The van der Waals surface area contributed by atoms with Gasteiger partial charge in [-0.3, -0.25) is 14.4 Å². The molecule has 8 nitrogen and oxygen atoms in total. The molecule has 274 valence electrons. The number of nitrogens with one attached hydrogen (secondary N) is 1. The maximum absolute atomic E-state index is 13.6. The van der Waals surface area contributed by atoms with E-state index >= 15 is 0 Å². The summed E-state index contributed by atoms with van der Waals surface area (Å²) in [5.74, 6) is 2.71. The number of piperazine rings is 1. The molecule has 1 amide bonds. The van der Waals surface area contributed by atoms with E-state index in [1.807, 2.05) is 31.2 Å². The Labute approximate surface area is 307 Å². The highest BCUT2D eigenvalue weighted by atomic mass is 35.5. The molecule has 2 aromatic carbocycles. The molecule has 1 N–H and O–H groups in total. The molecule has 2 fully saturated rings. The van der Waals surface area contributed by atoms with Crippen LogP contribution >= 0.6 is 11.6 Å². The highest BCUT2D eigenvalue weighted by molar-refractivity contribution is 7.84. The van der Waals surface area contributed by atoms with Crippen LogP contribution in [0.5, 0.6) is 5.75 Å². The highest BCUT2D eigenvalue weighted by Gasteiger charge is 2.45. The van der Waals surface area contributed by atoms with Gasteiger partial charge in [0.1, 0.15) is 16.7 Å². The van der Waals surface area contributed by atoms with Crippen molar-refractivity contribution in [2.24, 2.45) is 23.7 Å². The second-order valence-corrected chi connectivity index (χ2v) is 18.0. The first kappa shape index (κ1) is 36.2. The Balaban J connectivity index is 1.20. The number of fused-ring (bicyclic) bond motifs is 4. The van der Waals surface area contributed by atoms with Gasteiger partial charge in [0, 0.05) is 75.5 Å². The van der Waals surface area contributed by atoms with Crippen LogP contribution in [0.4, 0.5) is 5.69 Å². The Kier molecular flexibility index (Phi) is 11.5. The molecule has 3 aliphatic heterocycles. The number of carbonyl (C=O) groups is 1. The smallest absolute Gasteiger partial charge is 0.263 e. The lowest BCUT2D eigenvalue weighted by molar-refractivity contribution is 0.0441. The first-order valence-electron chi connectivity index (χ1n) is 19.2. The van der Waals surface area contributed by atoms with Crippen LogP contribution in [0.1, 0.15) is 80.3 Å². The van der Waals surface area contributed by atoms with Gasteiger partial charge < -0.3 is 19.3 Å². The summed E-state index contributed by atoms with van der Waals surface area (Å²) in [4.78, 5) is 21.4. The van der Waals surface area contributed by atoms with E-state index in [1.54, 1.807) is 7.11 Å². The summed E-state index contributed by atoms with van der Waals surface area (Å²) in [5, 5.41) is 0.669. The van der Waals surface area contributed by atoms with E-state index in [0.717, 1.165) is 108 Å². The minimum Gasteiger partial charge on any atom is -0.490 e. The van der Waals surface area contributed by atoms with Crippen LogP contribution in [-0.2, 0) is 27.6 Å². The molecular weight excluding hydrogens is 668 g/mol. The van der Waals surface area contributed by atoms with Gasteiger partial charge in [0.15, 0.2) is 0 Å². The average molecular weight is 725 g/mol. The van der Waals surface area contributed by atoms with Gasteiger partial charge in [-0.1, -0.05) is 31.0 Å². The van der Waals surface area contributed by atoms with Crippen LogP contribution in [0.25, 0.3) is 0 Å². The van der Waals surface area contributed by atoms with Gasteiger partial charge in [0.05, 0.1) is 24.2 Å². The summed E-state index contributed by atoms with van der Waals surface area (Å²) >= 11 is 6.50. The number of aryl methyl sites for hydroxylation is 1. The van der Waals surface area contributed by atoms with Crippen LogP contribution < -0.4 is 14.4 Å². The first-order chi connectivity index (χ1) is 24.2. The zero-order valence-electron chi connectivity index (χ0n) is 30.3. The highest BCUT2D eigenvalue weighted by Crippen LogP contribution is 2.48. The number of carbonyl (C=O) groups excluding carboxylic acids is 1. The molecule has 1 saturated heterocycles. The lowest BCUT2D eigenvalue weighted by atomic mass is 9.65. The monoisotopic (exact) mass is 724 g/mol. The van der Waals surface area contributed by atoms with Crippen LogP contribution in [0, 0.1) is 23.7 Å². The van der Waals surface area contributed by atoms with Gasteiger partial charge in [-0.2, -0.15) is 0 Å². The van der Waals surface area contributed by atoms with Gasteiger partial charge in [-0.05, 0) is 117 Å². The number of halogens is 1. The van der Waals surface area contributed by atoms with Gasteiger partial charge in [-0.25, -0.2) is 4.21 Å². The maximum Gasteiger partial charge on any atom is 0.263 e. The van der Waals surface area contributed by atoms with Crippen LogP contribution in [0.15, 0.2) is 36.4 Å². The van der Waals surface area contributed by atoms with Crippen molar-refractivity contribution in [1.82, 2.24) is 14.5 Å². The van der Waals surface area contributed by atoms with E-state index < -0.39 is 11.0 Å². The van der Waals surface area contributed by atoms with Crippen LogP contribution in [0.3, 0.4) is 0 Å². The van der Waals surface area contributed by atoms with Crippen molar-refractivity contribution in [2.75, 3.05) is 77.6 Å². The normalized spacial score (nSPS) is 32.6. The Morgan fingerprint density at radius 2 is 1.84 bits per heavy atom. The summed E-state index contributed by atoms with van der Waals surface area (Å²) in [6.45, 7) is 14.0. The fourth-order valence-corrected chi connectivity index (χ4v) is 10.8. The molecule has 5 unspecified atom stereocenters. The molecule has 3 heterocycles. The van der Waals surface area contributed by atoms with Gasteiger partial charge in [0.2, 0.25) is 0 Å². The third kappa shape index (κ3) is 7.78. The van der Waals surface area contributed by atoms with E-state index in [-0.39, 0.29) is 22.5 Å². The summed E-state index contributed by atoms with van der Waals surface area (Å²) in [5.41, 5.74) is 4.07. The van der Waals surface area contributed by atoms with E-state index in [4.69, 9.17) is 21.1 Å². The van der Waals surface area contributed by atoms with Crippen molar-refractivity contribution in [2.45, 2.75) is 75.9 Å². The number of nitrogens with zero attached hydrogens (tertiary/aromatic N) is 3. The zero-order chi connectivity index (χ0) is 34.8. The largest absolute Gasteiger partial charge is 0.490 e. The Morgan fingerprint density at radius 3 is 2.62 bits per heavy atom. The van der Waals surface area contributed by atoms with E-state index in [1.165, 1.54) is 30.4 Å². The molecular formula is C40H57ClN4O4S. The third-order valence-corrected chi connectivity index (χ3v) is 14.7. The van der Waals surface area contributed by atoms with E-state index in [2.05, 4.69) is 38.5 Å². The predicted octanol–water partition coefficient (Wildman–Crippen LogP) is 6.32. The Hall–Kier alpha value is -2.17. The van der Waals surface area contributed by atoms with Crippen molar-refractivity contribution in [3.8, 4) is 5.75 Å². The maximum atomic E-state index is 13.6. The van der Waals surface area contributed by atoms with Gasteiger partial charge in [0.25, 0.3) is 5.91 Å². The SMILES string of the molecule is COCCN1CCN(C[C@@H]2CCCC(C)C(C)S(=O)NC(=O)c3ccc4c(c3)N(CC3CCC32)C[C@@]2(CCCc3cc(Cl)ccc32)CO4)CC1. The molecule has 5 aliphatic rings. The third-order valence-electron chi connectivity index (χ3n) is 13.0. The number of benzene rings is 2. The zero-order valence-corrected chi connectivity index (χ0v) is 31.9. The summed E-state index contributed by atoms with van der Waals surface area (Å²) in [6, 6.07) is 12.2. The number of anilines is 1. The minimum absolute atomic E-state index is 0.123. The second kappa shape index (κ2) is 15.8. The summed E-state index contributed by atoms with van der Waals surface area (Å²) < 4.78 is 28.4. The van der Waals surface area contributed by atoms with Crippen molar-refractivity contribution in [3.05, 3.63) is 58.1 Å². The second-order valence-electron chi connectivity index (χ2n) is 16.0. The molecule has 1 saturated carbocycles. The summed E-state index contributed by atoms with van der Waals surface area (Å²) in [7, 11) is 0.322. The van der Waals surface area contributed by atoms with Gasteiger partial charge in [-0.15, -0.1) is 0 Å². The number of hydrogen-bond donors (Lipinski definition) is 1. The first-order valence-corrected chi connectivity index (χ1v) is 20.8. The molecule has 0 aromatic heterocycles. The molecule has 50 heavy (non-hydrogen) atoms. The van der Waals surface area contributed by atoms with Crippen molar-refractivity contribution in [3.63, 3.8) is 0 Å². The van der Waals surface area contributed by atoms with E-state index in [9.17, 15) is 9.00 Å². The van der Waals surface area contributed by atoms with Crippen LogP contribution in [-0.4, -0.2) is 97.8 Å². The fraction of sp³-hybridized carbons (Fsp3) is 0.675. The number of ether oxygens (including phenoxy) is 2. The quantitative estimate of drug-likeness (QED) is 0.387. The number of amides is 1. The molecule has 2 aromatic rings. The van der Waals surface area contributed by atoms with Gasteiger partial charge >= 0.3 is 0 Å². The molecule has 1 spiro atoms. The number of hydrogen-bond acceptors (Lipinski definition) is 7. The molecule has 10 heteroatoms. The van der Waals surface area contributed by atoms with Crippen molar-refractivity contribution >= 4 is 34.2 Å². The van der Waals surface area contributed by atoms with E-state index in [0.29, 0.717) is 29.9 Å². The number of methoxy groups -OCH3 is 1. The van der Waals surface area contributed by atoms with Crippen molar-refractivity contribution < 1.29 is 18.5 Å². The average Bonchev–Trinajstić information content (AvgIpc) is 3.25. The number of rotatable bonds is 5. The minimum atomic E-state index is -1.47. The molecule has 2 bridgehead atoms. The van der Waals surface area contributed by atoms with Crippen LogP contribution in [0.2, 0.25) is 5.02 Å². The fourth-order valence-electron chi connectivity index (χ4n) is 9.56. The van der Waals surface area contributed by atoms with Crippen molar-refractivity contribution in [1.29, 1.82) is 0 Å². The summed E-state index contributed by atoms with van der Waals surface area (Å²) in [6.07, 6.45) is 9.07. The molecule has 2 aliphatic carbocycles. The lowest BCUT2D eigenvalue weighted by Crippen LogP contribution is -2.51. The molecule has 7 rings (SSSR count). The Morgan fingerprint density at radius 1 is 1.02 bits per heavy atom. The molecule has 7 atom stereocenters. The lowest BCUT2D eigenvalue weighted by Gasteiger charge is -2.48. The topological polar surface area (TPSA) is 74.4 Å². The standard InChI is InChI=1S/C40H57ClN4O4S/c1-28-6-4-7-32(24-44-18-16-43(17-19-44)20-21-48-3)35-12-9-33(35)25-45-26-40(15-5-8-30-22-34(41)11-13-36(30)40)27-49-38-14-10-31(23-37(38)45)39(46)42-50(47)29(28)2/h10-11,13-14,22-23,28-29,32-33,35H,4-9,12,15-21,24-27H2,1-3H3,(H,42,46)/t28?,29?,32-,33?,35?,40-,50?/m0/s1.